The van der Waals surface area contributed by atoms with Gasteiger partial charge in [0.2, 0.25) is 5.91 Å². The van der Waals surface area contributed by atoms with Crippen LogP contribution in [0.4, 0.5) is 10.5 Å². The van der Waals surface area contributed by atoms with Crippen LogP contribution in [0.25, 0.3) is 22.1 Å². The number of carbonyl (C=O) groups excluding carboxylic acids is 2. The lowest BCUT2D eigenvalue weighted by Crippen LogP contribution is -2.32. The smallest absolute Gasteiger partial charge is 0.328 e. The van der Waals surface area contributed by atoms with E-state index in [-0.39, 0.29) is 18.5 Å². The molecule has 0 radical (unpaired) electrons. The topological polar surface area (TPSA) is 140 Å². The molecular formula is C22H20N8O3S. The second-order valence-electron chi connectivity index (χ2n) is 8.30. The average Bonchev–Trinajstić information content (AvgIpc) is 3.62. The van der Waals surface area contributed by atoms with Crippen LogP contribution in [0.2, 0.25) is 0 Å². The number of nitrogens with zero attached hydrogens (tertiary/aromatic N) is 6. The zero-order valence-electron chi connectivity index (χ0n) is 17.9. The predicted molar refractivity (Wildman–Crippen MR) is 127 cm³/mol. The average molecular weight is 477 g/mol. The van der Waals surface area contributed by atoms with Gasteiger partial charge in [-0.2, -0.15) is 8.75 Å². The van der Waals surface area contributed by atoms with Crippen molar-refractivity contribution >= 4 is 57.3 Å². The minimum atomic E-state index is -0.577. The van der Waals surface area contributed by atoms with Crippen molar-refractivity contribution in [1.82, 2.24) is 28.9 Å². The van der Waals surface area contributed by atoms with Crippen molar-refractivity contribution < 1.29 is 14.7 Å². The summed E-state index contributed by atoms with van der Waals surface area (Å²) >= 11 is 1.12. The minimum Gasteiger partial charge on any atom is -0.391 e. The summed E-state index contributed by atoms with van der Waals surface area (Å²) in [5, 5.41) is 12.6. The molecule has 2 fully saturated rings. The molecule has 172 valence electrons. The fraction of sp³-hybridized carbons (Fsp3) is 0.273. The first-order valence-corrected chi connectivity index (χ1v) is 11.6. The number of likely N-dealkylation sites (tertiary alicyclic amines) is 1. The quantitative estimate of drug-likeness (QED) is 0.411. The summed E-state index contributed by atoms with van der Waals surface area (Å²) in [6.07, 6.45) is 1.67. The lowest BCUT2D eigenvalue weighted by molar-refractivity contribution is -0.128. The zero-order valence-corrected chi connectivity index (χ0v) is 18.7. The van der Waals surface area contributed by atoms with Gasteiger partial charge in [0.15, 0.2) is 0 Å². The molecule has 34 heavy (non-hydrogen) atoms. The third-order valence-corrected chi connectivity index (χ3v) is 6.71. The van der Waals surface area contributed by atoms with Crippen molar-refractivity contribution in [2.24, 2.45) is 4.99 Å². The van der Waals surface area contributed by atoms with E-state index in [9.17, 15) is 14.7 Å². The number of hydrogen-bond acceptors (Lipinski definition) is 8. The highest BCUT2D eigenvalue weighted by molar-refractivity contribution is 7.00. The number of fused-ring (bicyclic) bond motifs is 2. The Bertz CT molecular complexity index is 1450. The van der Waals surface area contributed by atoms with Crippen LogP contribution < -0.4 is 10.2 Å². The number of aliphatic hydroxyl groups is 1. The van der Waals surface area contributed by atoms with Crippen LogP contribution in [0.15, 0.2) is 47.7 Å². The van der Waals surface area contributed by atoms with Gasteiger partial charge in [-0.25, -0.2) is 9.78 Å². The van der Waals surface area contributed by atoms with Crippen LogP contribution in [-0.4, -0.2) is 72.2 Å². The third kappa shape index (κ3) is 3.56. The molecule has 4 heterocycles. The summed E-state index contributed by atoms with van der Waals surface area (Å²) in [6.45, 7) is 0.693. The van der Waals surface area contributed by atoms with E-state index in [4.69, 9.17) is 0 Å². The standard InChI is InChI=1S/C22H20N8O3S/c31-14-5-6-29(10-14)19(32)9-23-21-20(12-1-3-16-18(7-12)28-34-27-16)30(22(33)26-21)13-2-4-15-17(8-13)25-11-24-15/h1-4,7-8,11,14,20,31H,5-6,9-10H2,(H,24,25)(H,23,26,33). The van der Waals surface area contributed by atoms with E-state index in [1.165, 1.54) is 0 Å². The second kappa shape index (κ2) is 8.15. The van der Waals surface area contributed by atoms with Gasteiger partial charge < -0.3 is 15.0 Å². The molecule has 2 atom stereocenters. The van der Waals surface area contributed by atoms with Gasteiger partial charge in [0.25, 0.3) is 0 Å². The third-order valence-electron chi connectivity index (χ3n) is 6.15. The van der Waals surface area contributed by atoms with Crippen molar-refractivity contribution in [3.05, 3.63) is 48.3 Å². The van der Waals surface area contributed by atoms with E-state index in [0.717, 1.165) is 39.4 Å². The van der Waals surface area contributed by atoms with Crippen LogP contribution in [0, 0.1) is 0 Å². The van der Waals surface area contributed by atoms with E-state index >= 15 is 0 Å². The van der Waals surface area contributed by atoms with Crippen LogP contribution in [0.3, 0.4) is 0 Å². The molecule has 3 N–H and O–H groups in total. The number of aliphatic imine (C=N–C) groups is 1. The number of carbonyl (C=O) groups is 2. The van der Waals surface area contributed by atoms with Gasteiger partial charge in [-0.15, -0.1) is 0 Å². The Hall–Kier alpha value is -3.90. The summed E-state index contributed by atoms with van der Waals surface area (Å²) < 4.78 is 8.59. The Kier molecular flexibility index (Phi) is 4.96. The van der Waals surface area contributed by atoms with Gasteiger partial charge in [0.05, 0.1) is 35.2 Å². The highest BCUT2D eigenvalue weighted by Gasteiger charge is 2.39. The minimum absolute atomic E-state index is 0.119. The Morgan fingerprint density at radius 3 is 2.91 bits per heavy atom. The van der Waals surface area contributed by atoms with Gasteiger partial charge in [0.1, 0.15) is 29.5 Å². The van der Waals surface area contributed by atoms with Gasteiger partial charge in [-0.3, -0.25) is 20.0 Å². The molecule has 2 aliphatic heterocycles. The Labute approximate surface area is 197 Å². The van der Waals surface area contributed by atoms with Gasteiger partial charge in [0, 0.05) is 18.8 Å². The van der Waals surface area contributed by atoms with E-state index in [0.29, 0.717) is 31.0 Å². The van der Waals surface area contributed by atoms with Crippen molar-refractivity contribution in [2.45, 2.75) is 18.6 Å². The first-order valence-electron chi connectivity index (χ1n) is 10.8. The first-order chi connectivity index (χ1) is 16.6. The number of nitrogens with one attached hydrogen (secondary N) is 2. The largest absolute Gasteiger partial charge is 0.391 e. The summed E-state index contributed by atoms with van der Waals surface area (Å²) in [4.78, 5) is 40.9. The SMILES string of the molecule is O=C(C/N=C1/NC(=O)N(c2ccc3[nH]cnc3c2)C1c1ccc2nsnc2c1)N1CCC(O)C1. The predicted octanol–water partition coefficient (Wildman–Crippen LogP) is 1.83. The number of β-amino-alcohol motifs (C(OH)–C–C–N with tert-alkyl or cyclic N) is 1. The Balaban J connectivity index is 1.39. The lowest BCUT2D eigenvalue weighted by atomic mass is 10.0. The number of urea groups is 1. The molecule has 2 aliphatic rings. The molecule has 3 amide bonds. The Morgan fingerprint density at radius 2 is 2.06 bits per heavy atom. The highest BCUT2D eigenvalue weighted by atomic mass is 32.1. The highest BCUT2D eigenvalue weighted by Crippen LogP contribution is 2.34. The maximum Gasteiger partial charge on any atom is 0.328 e. The van der Waals surface area contributed by atoms with Crippen LogP contribution >= 0.6 is 11.7 Å². The molecule has 4 aromatic rings. The number of hydrogen-bond donors (Lipinski definition) is 3. The van der Waals surface area contributed by atoms with Crippen LogP contribution in [-0.2, 0) is 4.79 Å². The first kappa shape index (κ1) is 20.7. The molecule has 6 rings (SSSR count). The normalized spacial score (nSPS) is 21.8. The van der Waals surface area contributed by atoms with E-state index in [1.807, 2.05) is 36.4 Å². The van der Waals surface area contributed by atoms with Gasteiger partial charge >= 0.3 is 6.03 Å². The molecule has 0 aliphatic carbocycles. The van der Waals surface area contributed by atoms with E-state index in [1.54, 1.807) is 16.1 Å². The summed E-state index contributed by atoms with van der Waals surface area (Å²) in [5.74, 6) is 0.190. The number of amides is 3. The van der Waals surface area contributed by atoms with Crippen molar-refractivity contribution in [3.63, 3.8) is 0 Å². The van der Waals surface area contributed by atoms with Crippen molar-refractivity contribution in [3.8, 4) is 0 Å². The molecule has 2 aromatic carbocycles. The summed E-state index contributed by atoms with van der Waals surface area (Å²) in [7, 11) is 0. The molecule has 2 saturated heterocycles. The molecule has 0 saturated carbocycles. The number of anilines is 1. The van der Waals surface area contributed by atoms with Gasteiger partial charge in [-0.1, -0.05) is 6.07 Å². The zero-order chi connectivity index (χ0) is 23.2. The molecular weight excluding hydrogens is 456 g/mol. The number of aromatic amines is 1. The van der Waals surface area contributed by atoms with Crippen molar-refractivity contribution in [1.29, 1.82) is 0 Å². The molecule has 2 unspecified atom stereocenters. The fourth-order valence-electron chi connectivity index (χ4n) is 4.44. The van der Waals surface area contributed by atoms with E-state index in [2.05, 4.69) is 29.0 Å². The number of aliphatic hydroxyl groups excluding tert-OH is 1. The van der Waals surface area contributed by atoms with Crippen molar-refractivity contribution in [2.75, 3.05) is 24.5 Å². The second-order valence-corrected chi connectivity index (χ2v) is 8.83. The molecule has 0 spiro atoms. The summed E-state index contributed by atoms with van der Waals surface area (Å²) in [5.41, 5.74) is 4.54. The summed E-state index contributed by atoms with van der Waals surface area (Å²) in [6, 6.07) is 10.3. The van der Waals surface area contributed by atoms with E-state index < -0.39 is 12.1 Å². The number of aromatic nitrogens is 4. The molecule has 11 nitrogen and oxygen atoms in total. The van der Waals surface area contributed by atoms with Crippen LogP contribution in [0.1, 0.15) is 18.0 Å². The fourth-order valence-corrected chi connectivity index (χ4v) is 4.95. The molecule has 12 heteroatoms. The maximum absolute atomic E-state index is 13.2. The molecule has 0 bridgehead atoms. The number of rotatable bonds is 4. The number of H-pyrrole nitrogens is 1. The van der Waals surface area contributed by atoms with Crippen LogP contribution in [0.5, 0.6) is 0 Å². The van der Waals surface area contributed by atoms with Gasteiger partial charge in [-0.05, 0) is 42.3 Å². The Morgan fingerprint density at radius 1 is 1.18 bits per heavy atom. The number of benzene rings is 2. The lowest BCUT2D eigenvalue weighted by Gasteiger charge is -2.23. The molecule has 2 aromatic heterocycles. The maximum atomic E-state index is 13.2. The number of amidine groups is 1. The number of imidazole rings is 1. The monoisotopic (exact) mass is 476 g/mol.